The van der Waals surface area contributed by atoms with Gasteiger partial charge in [0, 0.05) is 11.8 Å². The zero-order chi connectivity index (χ0) is 19.7. The molecule has 0 aliphatic carbocycles. The molecular weight excluding hydrogens is 378 g/mol. The summed E-state index contributed by atoms with van der Waals surface area (Å²) in [5.41, 5.74) is 2.68. The van der Waals surface area contributed by atoms with Crippen molar-refractivity contribution in [2.45, 2.75) is 25.8 Å². The number of hydrogen-bond acceptors (Lipinski definition) is 5. The SMILES string of the molecule is CCc1ccc(NC(=O)c2cc(-c3ccco3)n(C3CCS(=O)(=O)C3)n2)cc1. The van der Waals surface area contributed by atoms with Gasteiger partial charge in [0.25, 0.3) is 5.91 Å². The molecule has 0 radical (unpaired) electrons. The third-order valence-electron chi connectivity index (χ3n) is 4.92. The molecule has 3 heterocycles. The van der Waals surface area contributed by atoms with E-state index in [-0.39, 0.29) is 29.1 Å². The van der Waals surface area contributed by atoms with E-state index < -0.39 is 9.84 Å². The van der Waals surface area contributed by atoms with Gasteiger partial charge in [-0.3, -0.25) is 9.48 Å². The van der Waals surface area contributed by atoms with E-state index in [4.69, 9.17) is 4.42 Å². The van der Waals surface area contributed by atoms with Gasteiger partial charge in [-0.05, 0) is 42.7 Å². The number of carbonyl (C=O) groups is 1. The number of sulfone groups is 1. The summed E-state index contributed by atoms with van der Waals surface area (Å²) >= 11 is 0. The summed E-state index contributed by atoms with van der Waals surface area (Å²) < 4.78 is 30.9. The minimum atomic E-state index is -3.09. The summed E-state index contributed by atoms with van der Waals surface area (Å²) in [6, 6.07) is 12.5. The second-order valence-electron chi connectivity index (χ2n) is 6.90. The molecule has 7 nitrogen and oxygen atoms in total. The highest BCUT2D eigenvalue weighted by atomic mass is 32.2. The van der Waals surface area contributed by atoms with Crippen molar-refractivity contribution in [1.82, 2.24) is 9.78 Å². The number of anilines is 1. The van der Waals surface area contributed by atoms with Gasteiger partial charge in [0.1, 0.15) is 5.69 Å². The van der Waals surface area contributed by atoms with Crippen LogP contribution in [0.25, 0.3) is 11.5 Å². The van der Waals surface area contributed by atoms with Gasteiger partial charge in [-0.1, -0.05) is 19.1 Å². The van der Waals surface area contributed by atoms with Gasteiger partial charge in [0.05, 0.1) is 23.8 Å². The van der Waals surface area contributed by atoms with Crippen LogP contribution in [0.15, 0.2) is 53.1 Å². The first-order valence-corrected chi connectivity index (χ1v) is 11.0. The van der Waals surface area contributed by atoms with Crippen molar-refractivity contribution in [3.8, 4) is 11.5 Å². The molecule has 1 aliphatic heterocycles. The zero-order valence-electron chi connectivity index (χ0n) is 15.5. The number of amides is 1. The number of aryl methyl sites for hydroxylation is 1. The van der Waals surface area contributed by atoms with Crippen LogP contribution in [0.1, 0.15) is 35.4 Å². The molecule has 146 valence electrons. The van der Waals surface area contributed by atoms with Crippen LogP contribution in [-0.2, 0) is 16.3 Å². The molecule has 0 saturated carbocycles. The minimum absolute atomic E-state index is 0.0158. The van der Waals surface area contributed by atoms with Crippen molar-refractivity contribution in [3.63, 3.8) is 0 Å². The van der Waals surface area contributed by atoms with Gasteiger partial charge in [0.2, 0.25) is 0 Å². The van der Waals surface area contributed by atoms with Gasteiger partial charge < -0.3 is 9.73 Å². The van der Waals surface area contributed by atoms with Crippen LogP contribution in [0.2, 0.25) is 0 Å². The smallest absolute Gasteiger partial charge is 0.276 e. The number of nitrogens with one attached hydrogen (secondary N) is 1. The highest BCUT2D eigenvalue weighted by molar-refractivity contribution is 7.91. The first kappa shape index (κ1) is 18.5. The second kappa shape index (κ2) is 7.27. The molecule has 1 aliphatic rings. The quantitative estimate of drug-likeness (QED) is 0.710. The molecule has 1 fully saturated rings. The molecule has 1 saturated heterocycles. The lowest BCUT2D eigenvalue weighted by atomic mass is 10.1. The largest absolute Gasteiger partial charge is 0.463 e. The predicted octanol–water partition coefficient (Wildman–Crippen LogP) is 3.32. The summed E-state index contributed by atoms with van der Waals surface area (Å²) in [7, 11) is -3.09. The number of carbonyl (C=O) groups excluding carboxylic acids is 1. The third kappa shape index (κ3) is 3.73. The van der Waals surface area contributed by atoms with Crippen molar-refractivity contribution in [3.05, 3.63) is 60.0 Å². The fourth-order valence-corrected chi connectivity index (χ4v) is 5.07. The number of hydrogen-bond donors (Lipinski definition) is 1. The molecule has 2 aromatic heterocycles. The van der Waals surface area contributed by atoms with E-state index in [2.05, 4.69) is 17.3 Å². The third-order valence-corrected chi connectivity index (χ3v) is 6.67. The van der Waals surface area contributed by atoms with E-state index >= 15 is 0 Å². The Balaban J connectivity index is 1.63. The Bertz CT molecular complexity index is 1080. The molecule has 8 heteroatoms. The normalized spacial score (nSPS) is 18.2. The molecule has 0 spiro atoms. The van der Waals surface area contributed by atoms with Crippen LogP contribution in [0.3, 0.4) is 0 Å². The summed E-state index contributed by atoms with van der Waals surface area (Å²) in [5, 5.41) is 7.26. The minimum Gasteiger partial charge on any atom is -0.463 e. The van der Waals surface area contributed by atoms with Gasteiger partial charge >= 0.3 is 0 Å². The van der Waals surface area contributed by atoms with Gasteiger partial charge in [-0.15, -0.1) is 0 Å². The van der Waals surface area contributed by atoms with Crippen LogP contribution in [0, 0.1) is 0 Å². The Morgan fingerprint density at radius 3 is 2.68 bits per heavy atom. The first-order valence-electron chi connectivity index (χ1n) is 9.19. The Labute approximate surface area is 163 Å². The molecule has 1 unspecified atom stereocenters. The summed E-state index contributed by atoms with van der Waals surface area (Å²) in [5.74, 6) is 0.335. The van der Waals surface area contributed by atoms with Crippen LogP contribution in [-0.4, -0.2) is 35.6 Å². The fourth-order valence-electron chi connectivity index (χ4n) is 3.38. The Hall–Kier alpha value is -2.87. The van der Waals surface area contributed by atoms with E-state index in [0.29, 0.717) is 23.6 Å². The molecule has 3 aromatic rings. The zero-order valence-corrected chi connectivity index (χ0v) is 16.3. The fraction of sp³-hybridized carbons (Fsp3) is 0.300. The van der Waals surface area contributed by atoms with Crippen LogP contribution in [0.5, 0.6) is 0 Å². The molecular formula is C20H21N3O4S. The summed E-state index contributed by atoms with van der Waals surface area (Å²) in [6.07, 6.45) is 2.93. The van der Waals surface area contributed by atoms with Gasteiger partial charge in [-0.2, -0.15) is 5.10 Å². The van der Waals surface area contributed by atoms with E-state index in [9.17, 15) is 13.2 Å². The highest BCUT2D eigenvalue weighted by Crippen LogP contribution is 2.30. The van der Waals surface area contributed by atoms with Gasteiger partial charge in [-0.25, -0.2) is 8.42 Å². The Kier molecular flexibility index (Phi) is 4.80. The van der Waals surface area contributed by atoms with Crippen molar-refractivity contribution < 1.29 is 17.6 Å². The van der Waals surface area contributed by atoms with Crippen LogP contribution in [0.4, 0.5) is 5.69 Å². The number of aromatic nitrogens is 2. The Morgan fingerprint density at radius 2 is 2.07 bits per heavy atom. The topological polar surface area (TPSA) is 94.2 Å². The molecule has 0 bridgehead atoms. The number of rotatable bonds is 5. The van der Waals surface area contributed by atoms with Crippen molar-refractivity contribution in [2.24, 2.45) is 0 Å². The lowest BCUT2D eigenvalue weighted by Crippen LogP contribution is -2.16. The van der Waals surface area contributed by atoms with E-state index in [1.165, 1.54) is 11.8 Å². The first-order chi connectivity index (χ1) is 13.4. The molecule has 4 rings (SSSR count). The molecule has 1 atom stereocenters. The lowest BCUT2D eigenvalue weighted by molar-refractivity contribution is 0.102. The van der Waals surface area contributed by atoms with Crippen LogP contribution >= 0.6 is 0 Å². The van der Waals surface area contributed by atoms with E-state index in [1.807, 2.05) is 24.3 Å². The number of benzene rings is 1. The van der Waals surface area contributed by atoms with Crippen LogP contribution < -0.4 is 5.32 Å². The molecule has 1 aromatic carbocycles. The maximum Gasteiger partial charge on any atom is 0.276 e. The molecule has 1 amide bonds. The molecule has 1 N–H and O–H groups in total. The summed E-state index contributed by atoms with van der Waals surface area (Å²) in [6.45, 7) is 2.07. The maximum absolute atomic E-state index is 12.7. The number of nitrogens with zero attached hydrogens (tertiary/aromatic N) is 2. The van der Waals surface area contributed by atoms with Crippen molar-refractivity contribution in [1.29, 1.82) is 0 Å². The van der Waals surface area contributed by atoms with E-state index in [0.717, 1.165) is 6.42 Å². The second-order valence-corrected chi connectivity index (χ2v) is 9.13. The monoisotopic (exact) mass is 399 g/mol. The average molecular weight is 399 g/mol. The van der Waals surface area contributed by atoms with Crippen molar-refractivity contribution >= 4 is 21.4 Å². The highest BCUT2D eigenvalue weighted by Gasteiger charge is 2.32. The van der Waals surface area contributed by atoms with Crippen molar-refractivity contribution in [2.75, 3.05) is 16.8 Å². The standard InChI is InChI=1S/C20H21N3O4S/c1-2-14-5-7-15(8-6-14)21-20(24)17-12-18(19-4-3-10-27-19)23(22-17)16-9-11-28(25,26)13-16/h3-8,10,12,16H,2,9,11,13H2,1H3,(H,21,24). The lowest BCUT2D eigenvalue weighted by Gasteiger charge is -2.11. The van der Waals surface area contributed by atoms with Gasteiger partial charge in [0.15, 0.2) is 21.3 Å². The predicted molar refractivity (Wildman–Crippen MR) is 106 cm³/mol. The van der Waals surface area contributed by atoms with E-state index in [1.54, 1.807) is 22.9 Å². The molecule has 28 heavy (non-hydrogen) atoms. The number of furan rings is 1. The maximum atomic E-state index is 12.7. The Morgan fingerprint density at radius 1 is 1.29 bits per heavy atom. The average Bonchev–Trinajstić information content (AvgIpc) is 3.40. The summed E-state index contributed by atoms with van der Waals surface area (Å²) in [4.78, 5) is 12.7.